The van der Waals surface area contributed by atoms with Gasteiger partial charge in [-0.2, -0.15) is 9.90 Å². The molecule has 22 heavy (non-hydrogen) atoms. The highest BCUT2D eigenvalue weighted by atomic mass is 16.2. The van der Waals surface area contributed by atoms with Gasteiger partial charge in [-0.3, -0.25) is 4.79 Å². The molecule has 2 aliphatic heterocycles. The Bertz CT molecular complexity index is 654. The highest BCUT2D eigenvalue weighted by Gasteiger charge is 2.39. The number of nitrogens with one attached hydrogen (secondary N) is 1. The van der Waals surface area contributed by atoms with Crippen molar-refractivity contribution < 1.29 is 4.79 Å². The number of nitrogens with zero attached hydrogens (tertiary/aromatic N) is 4. The molecule has 4 rings (SSSR count). The van der Waals surface area contributed by atoms with Crippen LogP contribution in [-0.4, -0.2) is 51.0 Å². The maximum absolute atomic E-state index is 12.8. The van der Waals surface area contributed by atoms with Crippen LogP contribution in [0, 0.1) is 0 Å². The van der Waals surface area contributed by atoms with Crippen LogP contribution in [0.15, 0.2) is 36.5 Å². The maximum Gasteiger partial charge on any atom is 0.276 e. The van der Waals surface area contributed by atoms with Crippen LogP contribution in [0.4, 0.5) is 0 Å². The summed E-state index contributed by atoms with van der Waals surface area (Å²) in [6.45, 7) is 1.87. The number of aromatic nitrogens is 3. The first-order valence-electron chi connectivity index (χ1n) is 7.84. The second-order valence-corrected chi connectivity index (χ2v) is 5.95. The van der Waals surface area contributed by atoms with Crippen LogP contribution in [0.1, 0.15) is 29.8 Å². The lowest BCUT2D eigenvalue weighted by molar-refractivity contribution is 0.0673. The molecule has 1 amide bonds. The minimum absolute atomic E-state index is 0.0124. The molecule has 2 saturated heterocycles. The molecule has 0 aliphatic carbocycles. The molecule has 114 valence electrons. The summed E-state index contributed by atoms with van der Waals surface area (Å²) in [6.07, 6.45) is 4.78. The van der Waals surface area contributed by atoms with E-state index in [2.05, 4.69) is 15.5 Å². The first-order valence-corrected chi connectivity index (χ1v) is 7.84. The summed E-state index contributed by atoms with van der Waals surface area (Å²) in [7, 11) is 0. The van der Waals surface area contributed by atoms with E-state index in [0.717, 1.165) is 38.0 Å². The van der Waals surface area contributed by atoms with Gasteiger partial charge in [0.2, 0.25) is 0 Å². The van der Waals surface area contributed by atoms with Gasteiger partial charge in [-0.25, -0.2) is 0 Å². The molecule has 1 aromatic heterocycles. The second kappa shape index (κ2) is 5.53. The van der Waals surface area contributed by atoms with Crippen LogP contribution in [0.5, 0.6) is 0 Å². The van der Waals surface area contributed by atoms with Crippen molar-refractivity contribution in [3.63, 3.8) is 0 Å². The lowest BCUT2D eigenvalue weighted by atomic mass is 10.1. The zero-order valence-corrected chi connectivity index (χ0v) is 12.4. The monoisotopic (exact) mass is 297 g/mol. The van der Waals surface area contributed by atoms with E-state index in [0.29, 0.717) is 17.8 Å². The van der Waals surface area contributed by atoms with Gasteiger partial charge in [-0.1, -0.05) is 18.2 Å². The van der Waals surface area contributed by atoms with E-state index in [9.17, 15) is 4.79 Å². The number of hydrogen-bond donors (Lipinski definition) is 1. The maximum atomic E-state index is 12.8. The van der Waals surface area contributed by atoms with E-state index < -0.39 is 0 Å². The molecule has 2 aliphatic rings. The third-order valence-electron chi connectivity index (χ3n) is 4.59. The topological polar surface area (TPSA) is 63.1 Å². The lowest BCUT2D eigenvalue weighted by Crippen LogP contribution is -2.42. The third kappa shape index (κ3) is 2.29. The van der Waals surface area contributed by atoms with E-state index in [4.69, 9.17) is 0 Å². The number of para-hydroxylation sites is 1. The summed E-state index contributed by atoms with van der Waals surface area (Å²) in [5.41, 5.74) is 1.30. The number of carbonyl (C=O) groups excluding carboxylic acids is 1. The summed E-state index contributed by atoms with van der Waals surface area (Å²) in [5, 5.41) is 12.0. The van der Waals surface area contributed by atoms with Crippen molar-refractivity contribution in [3.05, 3.63) is 42.2 Å². The Morgan fingerprint density at radius 3 is 2.82 bits per heavy atom. The number of rotatable bonds is 2. The fourth-order valence-corrected chi connectivity index (χ4v) is 3.49. The second-order valence-electron chi connectivity index (χ2n) is 5.95. The highest BCUT2D eigenvalue weighted by Crippen LogP contribution is 2.29. The molecule has 0 spiro atoms. The molecule has 0 radical (unpaired) electrons. The van der Waals surface area contributed by atoms with Gasteiger partial charge in [-0.05, 0) is 37.9 Å². The average Bonchev–Trinajstić information content (AvgIpc) is 3.12. The molecule has 2 fully saturated rings. The molecule has 2 aromatic rings. The highest BCUT2D eigenvalue weighted by molar-refractivity contribution is 5.92. The first kappa shape index (κ1) is 13.5. The number of fused-ring (bicyclic) bond motifs is 2. The molecule has 2 unspecified atom stereocenters. The van der Waals surface area contributed by atoms with Crippen LogP contribution >= 0.6 is 0 Å². The Balaban J connectivity index is 1.60. The van der Waals surface area contributed by atoms with Gasteiger partial charge in [0.15, 0.2) is 5.69 Å². The van der Waals surface area contributed by atoms with Crippen molar-refractivity contribution in [1.29, 1.82) is 0 Å². The van der Waals surface area contributed by atoms with Gasteiger partial charge in [0.05, 0.1) is 11.9 Å². The van der Waals surface area contributed by atoms with Gasteiger partial charge in [0, 0.05) is 18.6 Å². The van der Waals surface area contributed by atoms with E-state index in [1.807, 2.05) is 35.2 Å². The SMILES string of the molecule is O=C(c1cnn(-c2ccccc2)n1)N1C2CCNCC1CC2. The van der Waals surface area contributed by atoms with E-state index >= 15 is 0 Å². The van der Waals surface area contributed by atoms with Gasteiger partial charge < -0.3 is 10.2 Å². The van der Waals surface area contributed by atoms with Gasteiger partial charge >= 0.3 is 0 Å². The lowest BCUT2D eigenvalue weighted by Gasteiger charge is -2.26. The summed E-state index contributed by atoms with van der Waals surface area (Å²) < 4.78 is 0. The normalized spacial score (nSPS) is 24.3. The van der Waals surface area contributed by atoms with Crippen LogP contribution in [0.2, 0.25) is 0 Å². The zero-order chi connectivity index (χ0) is 14.9. The smallest absolute Gasteiger partial charge is 0.276 e. The molecule has 3 heterocycles. The molecule has 0 saturated carbocycles. The van der Waals surface area contributed by atoms with Crippen molar-refractivity contribution in [2.75, 3.05) is 13.1 Å². The molecule has 1 N–H and O–H groups in total. The standard InChI is InChI=1S/C16H19N5O/c22-16(20-12-6-7-14(20)10-17-9-8-12)15-11-18-21(19-15)13-4-2-1-3-5-13/h1-5,11-12,14,17H,6-10H2. The molecule has 2 bridgehead atoms. The van der Waals surface area contributed by atoms with E-state index in [1.54, 1.807) is 6.20 Å². The van der Waals surface area contributed by atoms with E-state index in [-0.39, 0.29) is 5.91 Å². The van der Waals surface area contributed by atoms with Gasteiger partial charge in [0.25, 0.3) is 5.91 Å². The molecule has 6 heteroatoms. The first-order chi connectivity index (χ1) is 10.8. The van der Waals surface area contributed by atoms with Crippen molar-refractivity contribution in [1.82, 2.24) is 25.2 Å². The molecule has 6 nitrogen and oxygen atoms in total. The Labute approximate surface area is 129 Å². The van der Waals surface area contributed by atoms with Crippen molar-refractivity contribution >= 4 is 5.91 Å². The minimum atomic E-state index is 0.0124. The number of carbonyl (C=O) groups is 1. The quantitative estimate of drug-likeness (QED) is 0.906. The van der Waals surface area contributed by atoms with Crippen LogP contribution in [-0.2, 0) is 0 Å². The fraction of sp³-hybridized carbons (Fsp3) is 0.438. The Kier molecular flexibility index (Phi) is 3.38. The number of benzene rings is 1. The van der Waals surface area contributed by atoms with Crippen molar-refractivity contribution in [2.45, 2.75) is 31.3 Å². The van der Waals surface area contributed by atoms with Crippen LogP contribution in [0.3, 0.4) is 0 Å². The molecule has 1 aromatic carbocycles. The Hall–Kier alpha value is -2.21. The average molecular weight is 297 g/mol. The Morgan fingerprint density at radius 2 is 1.95 bits per heavy atom. The van der Waals surface area contributed by atoms with Gasteiger partial charge in [-0.15, -0.1) is 5.10 Å². The number of hydrogen-bond acceptors (Lipinski definition) is 4. The molecular weight excluding hydrogens is 278 g/mol. The van der Waals surface area contributed by atoms with Gasteiger partial charge in [0.1, 0.15) is 0 Å². The van der Waals surface area contributed by atoms with Crippen LogP contribution < -0.4 is 5.32 Å². The van der Waals surface area contributed by atoms with E-state index in [1.165, 1.54) is 4.80 Å². The third-order valence-corrected chi connectivity index (χ3v) is 4.59. The summed E-state index contributed by atoms with van der Waals surface area (Å²) in [6, 6.07) is 10.3. The molecular formula is C16H19N5O. The van der Waals surface area contributed by atoms with Crippen molar-refractivity contribution in [3.8, 4) is 5.69 Å². The minimum Gasteiger partial charge on any atom is -0.330 e. The van der Waals surface area contributed by atoms with Crippen LogP contribution in [0.25, 0.3) is 5.69 Å². The summed E-state index contributed by atoms with van der Waals surface area (Å²) in [4.78, 5) is 16.4. The summed E-state index contributed by atoms with van der Waals surface area (Å²) >= 11 is 0. The largest absolute Gasteiger partial charge is 0.330 e. The summed E-state index contributed by atoms with van der Waals surface area (Å²) in [5.74, 6) is 0.0124. The fourth-order valence-electron chi connectivity index (χ4n) is 3.49. The zero-order valence-electron chi connectivity index (χ0n) is 12.4. The Morgan fingerprint density at radius 1 is 1.14 bits per heavy atom. The predicted molar refractivity (Wildman–Crippen MR) is 81.8 cm³/mol. The molecule has 2 atom stereocenters. The number of amides is 1. The predicted octanol–water partition coefficient (Wildman–Crippen LogP) is 1.23. The van der Waals surface area contributed by atoms with Crippen molar-refractivity contribution in [2.24, 2.45) is 0 Å².